The van der Waals surface area contributed by atoms with Crippen LogP contribution in [0, 0.1) is 13.8 Å². The third-order valence-electron chi connectivity index (χ3n) is 4.67. The fourth-order valence-electron chi connectivity index (χ4n) is 3.22. The maximum Gasteiger partial charge on any atom is 0.406 e. The van der Waals surface area contributed by atoms with Crippen LogP contribution in [0.2, 0.25) is 5.02 Å². The molecule has 0 fully saturated rings. The van der Waals surface area contributed by atoms with Crippen molar-refractivity contribution in [3.05, 3.63) is 65.0 Å². The molecule has 0 bridgehead atoms. The van der Waals surface area contributed by atoms with E-state index in [1.54, 1.807) is 25.1 Å². The Labute approximate surface area is 186 Å². The lowest BCUT2D eigenvalue weighted by molar-refractivity contribution is -0.141. The molecule has 0 saturated heterocycles. The number of allylic oxidation sites excluding steroid dienone is 1. The molecule has 3 rings (SSSR count). The largest absolute Gasteiger partial charge is 0.406 e. The van der Waals surface area contributed by atoms with E-state index in [1.807, 2.05) is 16.7 Å². The number of aryl methyl sites for hydroxylation is 1. The number of benzene rings is 1. The third-order valence-corrected chi connectivity index (χ3v) is 5.89. The Morgan fingerprint density at radius 2 is 1.87 bits per heavy atom. The van der Waals surface area contributed by atoms with Gasteiger partial charge in [0.2, 0.25) is 0 Å². The van der Waals surface area contributed by atoms with Crippen molar-refractivity contribution in [2.45, 2.75) is 38.3 Å². The molecule has 0 atom stereocenters. The zero-order valence-corrected chi connectivity index (χ0v) is 18.5. The zero-order valence-electron chi connectivity index (χ0n) is 16.9. The molecule has 164 valence electrons. The molecule has 1 aromatic carbocycles. The van der Waals surface area contributed by atoms with Crippen LogP contribution in [0.5, 0.6) is 0 Å². The summed E-state index contributed by atoms with van der Waals surface area (Å²) in [6.45, 7) is 6.14. The summed E-state index contributed by atoms with van der Waals surface area (Å²) in [4.78, 5) is 12.7. The highest BCUT2D eigenvalue weighted by Gasteiger charge is 2.30. The SMILES string of the molecule is C=CCn1c(SCC(=O)c2cc(C)n(CC(F)(F)F)c2C)nnc1-c1ccc(Cl)cc1. The molecule has 2 heterocycles. The molecule has 3 aromatic rings. The lowest BCUT2D eigenvalue weighted by Crippen LogP contribution is -2.19. The summed E-state index contributed by atoms with van der Waals surface area (Å²) in [5.74, 6) is 0.356. The monoisotopic (exact) mass is 468 g/mol. The fraction of sp³-hybridized carbons (Fsp3) is 0.286. The predicted molar refractivity (Wildman–Crippen MR) is 116 cm³/mol. The van der Waals surface area contributed by atoms with Crippen molar-refractivity contribution in [3.63, 3.8) is 0 Å². The van der Waals surface area contributed by atoms with Crippen LogP contribution in [0.15, 0.2) is 48.1 Å². The van der Waals surface area contributed by atoms with Crippen LogP contribution in [-0.2, 0) is 13.1 Å². The van der Waals surface area contributed by atoms with Gasteiger partial charge < -0.3 is 4.57 Å². The van der Waals surface area contributed by atoms with Gasteiger partial charge in [-0.1, -0.05) is 29.4 Å². The van der Waals surface area contributed by atoms with Crippen LogP contribution >= 0.6 is 23.4 Å². The number of aromatic nitrogens is 4. The predicted octanol–water partition coefficient (Wildman–Crippen LogP) is 5.74. The standard InChI is InChI=1S/C21H20ClF3N4OS/c1-4-9-28-19(15-5-7-16(22)8-6-15)26-27-20(28)31-11-18(30)17-10-13(2)29(14(17)3)12-21(23,24)25/h4-8,10H,1,9,11-12H2,2-3H3. The molecule has 10 heteroatoms. The molecule has 2 aromatic heterocycles. The third kappa shape index (κ3) is 5.40. The Balaban J connectivity index is 1.80. The molecule has 0 aliphatic carbocycles. The first-order valence-electron chi connectivity index (χ1n) is 9.30. The van der Waals surface area contributed by atoms with Crippen LogP contribution in [-0.4, -0.2) is 37.0 Å². The van der Waals surface area contributed by atoms with Crippen molar-refractivity contribution >= 4 is 29.1 Å². The average Bonchev–Trinajstić information content (AvgIpc) is 3.22. The summed E-state index contributed by atoms with van der Waals surface area (Å²) in [6, 6.07) is 8.63. The average molecular weight is 469 g/mol. The molecule has 0 unspecified atom stereocenters. The molecule has 0 spiro atoms. The van der Waals surface area contributed by atoms with E-state index in [0.29, 0.717) is 33.9 Å². The minimum atomic E-state index is -4.36. The second-order valence-electron chi connectivity index (χ2n) is 6.91. The molecule has 0 amide bonds. The lowest BCUT2D eigenvalue weighted by Gasteiger charge is -2.12. The number of Topliss-reactive ketones (excluding diaryl/α,β-unsaturated/α-hetero) is 1. The van der Waals surface area contributed by atoms with Gasteiger partial charge in [-0.05, 0) is 44.2 Å². The molecule has 0 saturated carbocycles. The summed E-state index contributed by atoms with van der Waals surface area (Å²) in [7, 11) is 0. The van der Waals surface area contributed by atoms with Gasteiger partial charge in [-0.25, -0.2) is 0 Å². The van der Waals surface area contributed by atoms with Gasteiger partial charge in [0.1, 0.15) is 6.54 Å². The molecular weight excluding hydrogens is 449 g/mol. The number of carbonyl (C=O) groups is 1. The molecule has 0 aliphatic rings. The second-order valence-corrected chi connectivity index (χ2v) is 8.29. The molecular formula is C21H20ClF3N4OS. The van der Waals surface area contributed by atoms with E-state index in [0.717, 1.165) is 10.1 Å². The molecule has 5 nitrogen and oxygen atoms in total. The number of rotatable bonds is 8. The number of alkyl halides is 3. The van der Waals surface area contributed by atoms with E-state index in [1.165, 1.54) is 24.8 Å². The van der Waals surface area contributed by atoms with Gasteiger partial charge in [0, 0.05) is 34.1 Å². The van der Waals surface area contributed by atoms with Gasteiger partial charge in [-0.3, -0.25) is 9.36 Å². The number of hydrogen-bond acceptors (Lipinski definition) is 4. The first-order valence-corrected chi connectivity index (χ1v) is 10.7. The van der Waals surface area contributed by atoms with Crippen LogP contribution in [0.4, 0.5) is 13.2 Å². The van der Waals surface area contributed by atoms with Crippen molar-refractivity contribution < 1.29 is 18.0 Å². The van der Waals surface area contributed by atoms with Crippen LogP contribution in [0.1, 0.15) is 21.7 Å². The van der Waals surface area contributed by atoms with E-state index in [4.69, 9.17) is 11.6 Å². The second kappa shape index (κ2) is 9.32. The molecule has 0 aliphatic heterocycles. The van der Waals surface area contributed by atoms with Gasteiger partial charge in [0.15, 0.2) is 16.8 Å². The number of hydrogen-bond donors (Lipinski definition) is 0. The summed E-state index contributed by atoms with van der Waals surface area (Å²) in [6.07, 6.45) is -2.66. The van der Waals surface area contributed by atoms with Crippen LogP contribution < -0.4 is 0 Å². The number of halogens is 4. The number of nitrogens with zero attached hydrogens (tertiary/aromatic N) is 4. The van der Waals surface area contributed by atoms with Gasteiger partial charge in [-0.2, -0.15) is 13.2 Å². The minimum absolute atomic E-state index is 0.0200. The Kier molecular flexibility index (Phi) is 6.96. The van der Waals surface area contributed by atoms with Gasteiger partial charge >= 0.3 is 6.18 Å². The maximum absolute atomic E-state index is 12.8. The van der Waals surface area contributed by atoms with Crippen molar-refractivity contribution in [2.75, 3.05) is 5.75 Å². The normalized spacial score (nSPS) is 11.7. The highest BCUT2D eigenvalue weighted by Crippen LogP contribution is 2.27. The maximum atomic E-state index is 12.8. The molecule has 31 heavy (non-hydrogen) atoms. The minimum Gasteiger partial charge on any atom is -0.339 e. The first-order chi connectivity index (χ1) is 14.6. The quantitative estimate of drug-likeness (QED) is 0.240. The van der Waals surface area contributed by atoms with Gasteiger partial charge in [0.25, 0.3) is 0 Å². The zero-order chi connectivity index (χ0) is 22.8. The van der Waals surface area contributed by atoms with E-state index >= 15 is 0 Å². The molecule has 0 N–H and O–H groups in total. The summed E-state index contributed by atoms with van der Waals surface area (Å²) < 4.78 is 41.4. The van der Waals surface area contributed by atoms with E-state index in [9.17, 15) is 18.0 Å². The van der Waals surface area contributed by atoms with Gasteiger partial charge in [0.05, 0.1) is 5.75 Å². The lowest BCUT2D eigenvalue weighted by atomic mass is 10.2. The highest BCUT2D eigenvalue weighted by atomic mass is 35.5. The Morgan fingerprint density at radius 1 is 1.19 bits per heavy atom. The Hall–Kier alpha value is -2.52. The van der Waals surface area contributed by atoms with E-state index in [2.05, 4.69) is 16.8 Å². The smallest absolute Gasteiger partial charge is 0.339 e. The van der Waals surface area contributed by atoms with Crippen molar-refractivity contribution in [1.82, 2.24) is 19.3 Å². The summed E-state index contributed by atoms with van der Waals surface area (Å²) in [5.41, 5.74) is 1.78. The summed E-state index contributed by atoms with van der Waals surface area (Å²) in [5, 5.41) is 9.52. The topological polar surface area (TPSA) is 52.7 Å². The van der Waals surface area contributed by atoms with Crippen molar-refractivity contribution in [2.24, 2.45) is 0 Å². The van der Waals surface area contributed by atoms with Gasteiger partial charge in [-0.15, -0.1) is 16.8 Å². The number of carbonyl (C=O) groups excluding carboxylic acids is 1. The molecule has 0 radical (unpaired) electrons. The van der Waals surface area contributed by atoms with Crippen LogP contribution in [0.3, 0.4) is 0 Å². The highest BCUT2D eigenvalue weighted by molar-refractivity contribution is 7.99. The Bertz CT molecular complexity index is 1100. The number of thioether (sulfide) groups is 1. The fourth-order valence-corrected chi connectivity index (χ4v) is 4.17. The van der Waals surface area contributed by atoms with Crippen LogP contribution in [0.25, 0.3) is 11.4 Å². The van der Waals surface area contributed by atoms with E-state index < -0.39 is 12.7 Å². The number of ketones is 1. The van der Waals surface area contributed by atoms with Crippen molar-refractivity contribution in [1.29, 1.82) is 0 Å². The first kappa shape index (κ1) is 23.1. The Morgan fingerprint density at radius 3 is 2.48 bits per heavy atom. The summed E-state index contributed by atoms with van der Waals surface area (Å²) >= 11 is 7.12. The van der Waals surface area contributed by atoms with Crippen molar-refractivity contribution in [3.8, 4) is 11.4 Å². The van der Waals surface area contributed by atoms with E-state index in [-0.39, 0.29) is 17.1 Å².